The van der Waals surface area contributed by atoms with Gasteiger partial charge in [-0.15, -0.1) is 0 Å². The number of aromatic amines is 1. The van der Waals surface area contributed by atoms with Crippen molar-refractivity contribution < 1.29 is 4.79 Å². The van der Waals surface area contributed by atoms with Gasteiger partial charge in [-0.1, -0.05) is 0 Å². The Balaban J connectivity index is 1.90. The van der Waals surface area contributed by atoms with Crippen molar-refractivity contribution in [3.05, 3.63) is 27.9 Å². The minimum atomic E-state index is -0.185. The van der Waals surface area contributed by atoms with E-state index in [1.165, 1.54) is 6.07 Å². The third-order valence-corrected chi connectivity index (χ3v) is 3.91. The summed E-state index contributed by atoms with van der Waals surface area (Å²) in [6.07, 6.45) is 1.98. The highest BCUT2D eigenvalue weighted by molar-refractivity contribution is 5.78. The van der Waals surface area contributed by atoms with Gasteiger partial charge in [0.15, 0.2) is 0 Å². The zero-order chi connectivity index (χ0) is 15.4. The second kappa shape index (κ2) is 6.85. The molecule has 0 spiro atoms. The standard InChI is InChI=1S/C15H24N4O2/c1-10(2)19-6-4-5-12(9-19)15(21)16-8-13-7-14(20)18-11(3)17-13/h7,10,12H,4-6,8-9H2,1-3H3,(H,16,21)(H,17,18,20)/t12-/m0/s1. The lowest BCUT2D eigenvalue weighted by molar-refractivity contribution is -0.127. The van der Waals surface area contributed by atoms with Gasteiger partial charge in [-0.25, -0.2) is 4.98 Å². The van der Waals surface area contributed by atoms with Crippen LogP contribution in [0.4, 0.5) is 0 Å². The first-order valence-electron chi connectivity index (χ1n) is 7.54. The second-order valence-electron chi connectivity index (χ2n) is 5.97. The molecule has 2 rings (SSSR count). The third kappa shape index (κ3) is 4.39. The van der Waals surface area contributed by atoms with E-state index in [1.807, 2.05) is 0 Å². The quantitative estimate of drug-likeness (QED) is 0.861. The van der Waals surface area contributed by atoms with E-state index in [-0.39, 0.29) is 17.4 Å². The van der Waals surface area contributed by atoms with E-state index in [1.54, 1.807) is 6.92 Å². The Morgan fingerprint density at radius 1 is 1.57 bits per heavy atom. The van der Waals surface area contributed by atoms with Crippen LogP contribution in [0.5, 0.6) is 0 Å². The van der Waals surface area contributed by atoms with Crippen LogP contribution in [0, 0.1) is 12.8 Å². The number of carbonyl (C=O) groups excluding carboxylic acids is 1. The number of hydrogen-bond donors (Lipinski definition) is 2. The molecule has 1 atom stereocenters. The first-order chi connectivity index (χ1) is 9.95. The molecule has 1 aliphatic heterocycles. The number of H-pyrrole nitrogens is 1. The number of nitrogens with one attached hydrogen (secondary N) is 2. The molecular formula is C15H24N4O2. The van der Waals surface area contributed by atoms with Crippen LogP contribution in [-0.2, 0) is 11.3 Å². The van der Waals surface area contributed by atoms with Crippen LogP contribution < -0.4 is 10.9 Å². The van der Waals surface area contributed by atoms with Gasteiger partial charge in [0, 0.05) is 18.7 Å². The number of nitrogens with zero attached hydrogens (tertiary/aromatic N) is 2. The number of piperidine rings is 1. The highest BCUT2D eigenvalue weighted by atomic mass is 16.2. The maximum atomic E-state index is 12.3. The summed E-state index contributed by atoms with van der Waals surface area (Å²) in [5.41, 5.74) is 0.413. The third-order valence-electron chi connectivity index (χ3n) is 3.91. The number of rotatable bonds is 4. The highest BCUT2D eigenvalue weighted by Crippen LogP contribution is 2.18. The average molecular weight is 292 g/mol. The maximum Gasteiger partial charge on any atom is 0.251 e. The zero-order valence-electron chi connectivity index (χ0n) is 13.0. The summed E-state index contributed by atoms with van der Waals surface area (Å²) < 4.78 is 0. The van der Waals surface area contributed by atoms with Crippen LogP contribution in [0.25, 0.3) is 0 Å². The van der Waals surface area contributed by atoms with Crippen LogP contribution in [0.1, 0.15) is 38.2 Å². The van der Waals surface area contributed by atoms with Gasteiger partial charge in [0.1, 0.15) is 5.82 Å². The Hall–Kier alpha value is -1.69. The van der Waals surface area contributed by atoms with Crippen molar-refractivity contribution in [3.63, 3.8) is 0 Å². The van der Waals surface area contributed by atoms with Crippen molar-refractivity contribution in [2.75, 3.05) is 13.1 Å². The Morgan fingerprint density at radius 2 is 2.33 bits per heavy atom. The molecule has 2 N–H and O–H groups in total. The van der Waals surface area contributed by atoms with Gasteiger partial charge >= 0.3 is 0 Å². The first-order valence-corrected chi connectivity index (χ1v) is 7.54. The van der Waals surface area contributed by atoms with E-state index < -0.39 is 0 Å². The fourth-order valence-electron chi connectivity index (χ4n) is 2.74. The fourth-order valence-corrected chi connectivity index (χ4v) is 2.74. The van der Waals surface area contributed by atoms with Gasteiger partial charge in [-0.2, -0.15) is 0 Å². The van der Waals surface area contributed by atoms with Crippen LogP contribution in [-0.4, -0.2) is 39.9 Å². The monoisotopic (exact) mass is 292 g/mol. The van der Waals surface area contributed by atoms with Crippen LogP contribution in [0.3, 0.4) is 0 Å². The predicted molar refractivity (Wildman–Crippen MR) is 80.9 cm³/mol. The normalized spacial score (nSPS) is 19.7. The Kier molecular flexibility index (Phi) is 5.12. The molecule has 6 nitrogen and oxygen atoms in total. The number of carbonyl (C=O) groups is 1. The van der Waals surface area contributed by atoms with Crippen molar-refractivity contribution in [2.24, 2.45) is 5.92 Å². The molecule has 1 aromatic rings. The molecular weight excluding hydrogens is 268 g/mol. The van der Waals surface area contributed by atoms with Gasteiger partial charge in [-0.05, 0) is 40.2 Å². The molecule has 0 saturated carbocycles. The molecule has 1 fully saturated rings. The van der Waals surface area contributed by atoms with Gasteiger partial charge in [-0.3, -0.25) is 9.59 Å². The van der Waals surface area contributed by atoms with Gasteiger partial charge in [0.2, 0.25) is 5.91 Å². The largest absolute Gasteiger partial charge is 0.350 e. The number of hydrogen-bond acceptors (Lipinski definition) is 4. The molecule has 6 heteroatoms. The summed E-state index contributed by atoms with van der Waals surface area (Å²) in [6, 6.07) is 1.90. The molecule has 0 aliphatic carbocycles. The van der Waals surface area contributed by atoms with E-state index in [0.29, 0.717) is 24.1 Å². The van der Waals surface area contributed by atoms with Crippen molar-refractivity contribution in [3.8, 4) is 0 Å². The predicted octanol–water partition coefficient (Wildman–Crippen LogP) is 0.815. The average Bonchev–Trinajstić information content (AvgIpc) is 2.44. The molecule has 1 saturated heterocycles. The summed E-state index contributed by atoms with van der Waals surface area (Å²) in [6.45, 7) is 8.23. The van der Waals surface area contributed by atoms with Gasteiger partial charge < -0.3 is 15.2 Å². The molecule has 1 amide bonds. The minimum Gasteiger partial charge on any atom is -0.350 e. The minimum absolute atomic E-state index is 0.0317. The van der Waals surface area contributed by atoms with E-state index in [9.17, 15) is 9.59 Å². The Labute approximate surface area is 125 Å². The molecule has 0 bridgehead atoms. The summed E-state index contributed by atoms with van der Waals surface area (Å²) in [7, 11) is 0. The molecule has 0 aromatic carbocycles. The van der Waals surface area contributed by atoms with Crippen molar-refractivity contribution in [1.82, 2.24) is 20.2 Å². The van der Waals surface area contributed by atoms with Crippen molar-refractivity contribution >= 4 is 5.91 Å². The second-order valence-corrected chi connectivity index (χ2v) is 5.97. The number of aromatic nitrogens is 2. The fraction of sp³-hybridized carbons (Fsp3) is 0.667. The lowest BCUT2D eigenvalue weighted by atomic mass is 9.96. The smallest absolute Gasteiger partial charge is 0.251 e. The molecule has 0 unspecified atom stereocenters. The molecule has 1 aliphatic rings. The van der Waals surface area contributed by atoms with Gasteiger partial charge in [0.25, 0.3) is 5.56 Å². The summed E-state index contributed by atoms with van der Waals surface area (Å²) in [5, 5.41) is 2.90. The van der Waals surface area contributed by atoms with Crippen LogP contribution in [0.15, 0.2) is 10.9 Å². The van der Waals surface area contributed by atoms with Crippen molar-refractivity contribution in [1.29, 1.82) is 0 Å². The van der Waals surface area contributed by atoms with E-state index in [2.05, 4.69) is 34.0 Å². The Morgan fingerprint density at radius 3 is 3.00 bits per heavy atom. The summed E-state index contributed by atoms with van der Waals surface area (Å²) in [4.78, 5) is 32.8. The summed E-state index contributed by atoms with van der Waals surface area (Å²) >= 11 is 0. The van der Waals surface area contributed by atoms with Crippen molar-refractivity contribution in [2.45, 2.75) is 46.2 Å². The molecule has 21 heavy (non-hydrogen) atoms. The number of likely N-dealkylation sites (tertiary alicyclic amines) is 1. The number of amides is 1. The van der Waals surface area contributed by atoms with E-state index in [4.69, 9.17) is 0 Å². The topological polar surface area (TPSA) is 78.1 Å². The zero-order valence-corrected chi connectivity index (χ0v) is 13.0. The first kappa shape index (κ1) is 15.7. The maximum absolute atomic E-state index is 12.3. The molecule has 2 heterocycles. The molecule has 0 radical (unpaired) electrons. The highest BCUT2D eigenvalue weighted by Gasteiger charge is 2.26. The molecule has 116 valence electrons. The lowest BCUT2D eigenvalue weighted by Crippen LogP contribution is -2.45. The van der Waals surface area contributed by atoms with Crippen LogP contribution >= 0.6 is 0 Å². The lowest BCUT2D eigenvalue weighted by Gasteiger charge is -2.34. The SMILES string of the molecule is Cc1nc(CNC(=O)[C@H]2CCCN(C(C)C)C2)cc(=O)[nH]1. The van der Waals surface area contributed by atoms with Gasteiger partial charge in [0.05, 0.1) is 18.2 Å². The summed E-state index contributed by atoms with van der Waals surface area (Å²) in [5.74, 6) is 0.653. The Bertz CT molecular complexity index is 553. The number of aryl methyl sites for hydroxylation is 1. The van der Waals surface area contributed by atoms with E-state index >= 15 is 0 Å². The van der Waals surface area contributed by atoms with E-state index in [0.717, 1.165) is 25.9 Å². The van der Waals surface area contributed by atoms with Crippen LogP contribution in [0.2, 0.25) is 0 Å². The molecule has 1 aromatic heterocycles.